The molecule has 0 radical (unpaired) electrons. The number of halogens is 1. The molecule has 0 unspecified atom stereocenters. The van der Waals surface area contributed by atoms with Gasteiger partial charge in [-0.15, -0.1) is 0 Å². The van der Waals surface area contributed by atoms with Crippen LogP contribution in [0.15, 0.2) is 90.2 Å². The van der Waals surface area contributed by atoms with Crippen molar-refractivity contribution >= 4 is 57.8 Å². The molecule has 0 atom stereocenters. The van der Waals surface area contributed by atoms with E-state index in [-0.39, 0.29) is 11.2 Å². The highest BCUT2D eigenvalue weighted by molar-refractivity contribution is 9.10. The van der Waals surface area contributed by atoms with Gasteiger partial charge in [0, 0.05) is 207 Å². The van der Waals surface area contributed by atoms with Crippen LogP contribution in [0.1, 0.15) is 154 Å². The predicted octanol–water partition coefficient (Wildman–Crippen LogP) is 10.7. The largest absolute Gasteiger partial charge is 0.496 e. The van der Waals surface area contributed by atoms with Gasteiger partial charge < -0.3 is 60.5 Å². The molecule has 8 N–H and O–H groups in total. The molecule has 0 spiro atoms. The number of nitrogens with one attached hydrogen (secondary N) is 3. The van der Waals surface area contributed by atoms with Crippen LogP contribution < -0.4 is 32.0 Å². The maximum Gasteiger partial charge on any atom is 0.496 e. The van der Waals surface area contributed by atoms with Crippen molar-refractivity contribution in [2.75, 3.05) is 86.7 Å². The monoisotopic (exact) mass is 1370 g/mol. The highest BCUT2D eigenvalue weighted by atomic mass is 79.9. The summed E-state index contributed by atoms with van der Waals surface area (Å²) < 4.78 is 29.3. The molecule has 23 heteroatoms. The summed E-state index contributed by atoms with van der Waals surface area (Å²) in [6, 6.07) is 16.2. The number of aliphatic hydroxyl groups is 3. The number of anilines is 4. The molecule has 2 amide bonds. The lowest BCUT2D eigenvalue weighted by atomic mass is 9.77. The van der Waals surface area contributed by atoms with E-state index in [0.717, 1.165) is 146 Å². The lowest BCUT2D eigenvalue weighted by Gasteiger charge is -2.32. The summed E-state index contributed by atoms with van der Waals surface area (Å²) in [6.07, 6.45) is 22.8. The Hall–Kier alpha value is -7.06. The van der Waals surface area contributed by atoms with Gasteiger partial charge in [-0.1, -0.05) is 12.1 Å². The van der Waals surface area contributed by atoms with E-state index >= 15 is 0 Å². The van der Waals surface area contributed by atoms with Crippen molar-refractivity contribution in [3.8, 4) is 22.3 Å². The number of rotatable bonds is 6. The summed E-state index contributed by atoms with van der Waals surface area (Å²) in [4.78, 5) is 44.5. The summed E-state index contributed by atoms with van der Waals surface area (Å²) >= 11 is 3.48. The van der Waals surface area contributed by atoms with Crippen LogP contribution in [0.2, 0.25) is 0 Å². The summed E-state index contributed by atoms with van der Waals surface area (Å²) in [7, 11) is -0.458. The number of carbonyl (C=O) groups excluding carboxylic acids is 1. The lowest BCUT2D eigenvalue weighted by Crippen LogP contribution is -2.41. The number of nitrogens with zero attached hydrogens (tertiary/aromatic N) is 8. The highest BCUT2D eigenvalue weighted by Crippen LogP contribution is 2.40. The number of primary amides is 1. The molecule has 8 aliphatic heterocycles. The molecular formula is C73H94BBrN12O9. The van der Waals surface area contributed by atoms with E-state index in [1.807, 2.05) is 73.7 Å². The number of nitrogens with two attached hydrogens (primary N) is 1. The van der Waals surface area contributed by atoms with Gasteiger partial charge in [-0.3, -0.25) is 19.9 Å². The number of pyridine rings is 7. The number of aromatic nitrogens is 7. The van der Waals surface area contributed by atoms with Crippen molar-refractivity contribution < 1.29 is 43.6 Å². The van der Waals surface area contributed by atoms with Crippen LogP contribution >= 0.6 is 15.9 Å². The predicted molar refractivity (Wildman–Crippen MR) is 378 cm³/mol. The standard InChI is InChI=1S/C20H24N4O3.C19H23N3O2.C16H24BNO4.C9H11BrN2.C9H12N2/c1-13-17(10-14-3-2-6-24(19(21)25)18(14)23-13)15-9-16(12-22-11-15)20(26)4-7-27-8-5-20;1-13-17(10-14-3-2-6-21-18(14)22-13)15-9-16(12-20-11-15)19(23)4-7-24-8-5-19;1-14(2)15(3,4)22-17(21-14)13-9-12(10-18-11-13)16(19)5-7-20-8-6-16;1-6-8(10)5-7-3-2-4-11-9(7)12-6;1-7-4-5-8-3-2-6-10-9(8)11-7/h9-12,26H,2-8H2,1H3,(H2,21,25);9-12,23H,2-8H2,1H3,(H,21,22);9-11,19H,5-8H2,1-4H3;5H,2-4H2,1H3,(H,11,12);4-5H,2-3,6H2,1H3,(H,10,11). The van der Waals surface area contributed by atoms with E-state index in [9.17, 15) is 20.1 Å². The molecule has 7 aromatic rings. The van der Waals surface area contributed by atoms with Crippen LogP contribution in [0.4, 0.5) is 28.1 Å². The Bertz CT molecular complexity index is 3830. The Morgan fingerprint density at radius 1 is 0.521 bits per heavy atom. The first-order valence-corrected chi connectivity index (χ1v) is 34.9. The minimum atomic E-state index is -0.903. The summed E-state index contributed by atoms with van der Waals surface area (Å²) in [6.45, 7) is 23.2. The third-order valence-electron chi connectivity index (χ3n) is 20.0. The van der Waals surface area contributed by atoms with Gasteiger partial charge in [0.05, 0.1) is 33.7 Å². The van der Waals surface area contributed by atoms with Gasteiger partial charge in [-0.2, -0.15) is 0 Å². The smallest absolute Gasteiger partial charge is 0.399 e. The Labute approximate surface area is 573 Å². The molecule has 15 heterocycles. The second-order valence-electron chi connectivity index (χ2n) is 27.4. The van der Waals surface area contributed by atoms with Gasteiger partial charge in [0.15, 0.2) is 0 Å². The number of ether oxygens (including phenoxy) is 3. The van der Waals surface area contributed by atoms with Gasteiger partial charge in [0.2, 0.25) is 0 Å². The SMILES string of the molecule is CC1(C)OB(c2cncc(C3(O)CCOCC3)c2)OC1(C)C.Cc1ccc2c(n1)NCCC2.Cc1nc2c(cc1-c1cncc(C3(O)CCOCC3)c1)CCCN2.Cc1nc2c(cc1-c1cncc(C3(O)CCOCC3)c1)CCCN2C(N)=O.Cc1nc2c(cc1Br)CCCN2. The molecule has 8 aliphatic rings. The van der Waals surface area contributed by atoms with Gasteiger partial charge in [-0.05, 0) is 181 Å². The number of amides is 2. The second-order valence-corrected chi connectivity index (χ2v) is 28.2. The zero-order chi connectivity index (χ0) is 67.8. The molecule has 4 saturated heterocycles. The van der Waals surface area contributed by atoms with E-state index in [2.05, 4.69) is 98.2 Å². The second kappa shape index (κ2) is 30.4. The zero-order valence-electron chi connectivity index (χ0n) is 57.0. The maximum atomic E-state index is 11.7. The van der Waals surface area contributed by atoms with Crippen molar-refractivity contribution in [2.24, 2.45) is 5.73 Å². The van der Waals surface area contributed by atoms with Crippen LogP contribution in [0.25, 0.3) is 22.3 Å². The molecule has 0 bridgehead atoms. The minimum Gasteiger partial charge on any atom is -0.399 e. The van der Waals surface area contributed by atoms with E-state index in [0.29, 0.717) is 90.5 Å². The number of fused-ring (bicyclic) bond motifs is 4. The molecule has 15 rings (SSSR count). The van der Waals surface area contributed by atoms with Gasteiger partial charge in [0.1, 0.15) is 23.3 Å². The quantitative estimate of drug-likeness (QED) is 0.0762. The summed E-state index contributed by atoms with van der Waals surface area (Å²) in [5.41, 5.74) is 18.4. The summed E-state index contributed by atoms with van der Waals surface area (Å²) in [5, 5.41) is 42.7. The lowest BCUT2D eigenvalue weighted by molar-refractivity contribution is -0.0684. The normalized spacial score (nSPS) is 19.8. The molecule has 510 valence electrons. The van der Waals surface area contributed by atoms with E-state index in [1.165, 1.54) is 40.9 Å². The molecule has 96 heavy (non-hydrogen) atoms. The summed E-state index contributed by atoms with van der Waals surface area (Å²) in [5.74, 6) is 3.83. The Morgan fingerprint density at radius 3 is 1.46 bits per heavy atom. The fourth-order valence-electron chi connectivity index (χ4n) is 13.2. The van der Waals surface area contributed by atoms with Crippen LogP contribution in [0, 0.1) is 27.7 Å². The van der Waals surface area contributed by atoms with Crippen LogP contribution in [-0.2, 0) is 66.0 Å². The number of urea groups is 1. The van der Waals surface area contributed by atoms with E-state index < -0.39 is 30.0 Å². The third-order valence-corrected chi connectivity index (χ3v) is 20.8. The number of aryl methyl sites for hydroxylation is 8. The Kier molecular flexibility index (Phi) is 22.2. The molecule has 4 fully saturated rings. The van der Waals surface area contributed by atoms with Gasteiger partial charge in [0.25, 0.3) is 0 Å². The fraction of sp³-hybridized carbons (Fsp3) is 0.507. The topological polar surface area (TPSA) is 279 Å². The first kappa shape index (κ1) is 70.3. The molecule has 0 aromatic carbocycles. The van der Waals surface area contributed by atoms with E-state index in [4.69, 9.17) is 34.2 Å². The average molecular weight is 1370 g/mol. The number of carbonyl (C=O) groups is 1. The third kappa shape index (κ3) is 16.4. The van der Waals surface area contributed by atoms with Crippen molar-refractivity contribution in [3.63, 3.8) is 0 Å². The van der Waals surface area contributed by atoms with Crippen LogP contribution in [0.5, 0.6) is 0 Å². The first-order valence-electron chi connectivity index (χ1n) is 34.1. The van der Waals surface area contributed by atoms with Crippen LogP contribution in [-0.4, -0.2) is 140 Å². The molecular weight excluding hydrogens is 1280 g/mol. The van der Waals surface area contributed by atoms with Crippen LogP contribution in [0.3, 0.4) is 0 Å². The van der Waals surface area contributed by atoms with E-state index in [1.54, 1.807) is 31.0 Å². The number of hydrogen-bond acceptors (Lipinski definition) is 19. The Morgan fingerprint density at radius 2 is 0.948 bits per heavy atom. The average Bonchev–Trinajstić information content (AvgIpc) is 1.14. The molecule has 0 aliphatic carbocycles. The maximum absolute atomic E-state index is 11.7. The van der Waals surface area contributed by atoms with Gasteiger partial charge in [-0.25, -0.2) is 24.7 Å². The Balaban J connectivity index is 0.000000126. The molecule has 7 aromatic heterocycles. The zero-order valence-corrected chi connectivity index (χ0v) is 58.5. The van der Waals surface area contributed by atoms with Crippen molar-refractivity contribution in [2.45, 2.75) is 173 Å². The molecule has 0 saturated carbocycles. The van der Waals surface area contributed by atoms with Crippen molar-refractivity contribution in [1.29, 1.82) is 0 Å². The van der Waals surface area contributed by atoms with Crippen molar-refractivity contribution in [1.82, 2.24) is 34.9 Å². The van der Waals surface area contributed by atoms with Crippen molar-refractivity contribution in [3.05, 3.63) is 152 Å². The molecule has 21 nitrogen and oxygen atoms in total. The van der Waals surface area contributed by atoms with Gasteiger partial charge >= 0.3 is 13.1 Å². The highest BCUT2D eigenvalue weighted by Gasteiger charge is 2.52. The fourth-order valence-corrected chi connectivity index (χ4v) is 13.6. The minimum absolute atomic E-state index is 0.386. The number of hydrogen-bond donors (Lipinski definition) is 7. The first-order chi connectivity index (χ1) is 46.0.